The number of aliphatic hydroxyl groups is 1. The van der Waals surface area contributed by atoms with Crippen LogP contribution in [0.25, 0.3) is 0 Å². The van der Waals surface area contributed by atoms with Crippen LogP contribution in [0, 0.1) is 0 Å². The number of amides is 1. The average Bonchev–Trinajstić information content (AvgIpc) is 2.97. The van der Waals surface area contributed by atoms with Gasteiger partial charge in [0.05, 0.1) is 6.54 Å². The Morgan fingerprint density at radius 1 is 1.30 bits per heavy atom. The molecular weight excluding hydrogens is 333 g/mol. The molecule has 0 spiro atoms. The molecule has 23 heavy (non-hydrogen) atoms. The van der Waals surface area contributed by atoms with E-state index >= 15 is 0 Å². The normalized spacial score (nSPS) is 20.4. The molecule has 0 aliphatic carbocycles. The number of benzene rings is 1. The third-order valence-electron chi connectivity index (χ3n) is 3.86. The van der Waals surface area contributed by atoms with Gasteiger partial charge in [-0.2, -0.15) is 13.2 Å². The number of carbonyl (C=O) groups excluding carboxylic acids is 1. The summed E-state index contributed by atoms with van der Waals surface area (Å²) in [4.78, 5) is 11.8. The van der Waals surface area contributed by atoms with Gasteiger partial charge < -0.3 is 15.7 Å². The zero-order chi connectivity index (χ0) is 16.2. The number of alkyl halides is 3. The van der Waals surface area contributed by atoms with E-state index in [4.69, 9.17) is 0 Å². The lowest BCUT2D eigenvalue weighted by atomic mass is 9.93. The first-order valence-corrected chi connectivity index (χ1v) is 7.17. The quantitative estimate of drug-likeness (QED) is 0.760. The predicted molar refractivity (Wildman–Crippen MR) is 82.3 cm³/mol. The second kappa shape index (κ2) is 7.99. The highest BCUT2D eigenvalue weighted by atomic mass is 35.5. The maximum atomic E-state index is 13.2. The molecule has 0 radical (unpaired) electrons. The number of nitrogens with one attached hydrogen (secondary N) is 2. The SMILES string of the molecule is Cl.O=C(CC1CCCN1)NCC(O)(c1ccccc1)C(F)(F)F. The van der Waals surface area contributed by atoms with Crippen LogP contribution in [0.1, 0.15) is 24.8 Å². The summed E-state index contributed by atoms with van der Waals surface area (Å²) < 4.78 is 39.7. The second-order valence-electron chi connectivity index (χ2n) is 5.50. The van der Waals surface area contributed by atoms with Crippen molar-refractivity contribution in [1.82, 2.24) is 10.6 Å². The maximum Gasteiger partial charge on any atom is 0.423 e. The maximum absolute atomic E-state index is 13.2. The van der Waals surface area contributed by atoms with Crippen molar-refractivity contribution in [3.63, 3.8) is 0 Å². The van der Waals surface area contributed by atoms with E-state index in [2.05, 4.69) is 10.6 Å². The van der Waals surface area contributed by atoms with Gasteiger partial charge in [-0.05, 0) is 24.9 Å². The molecule has 0 bridgehead atoms. The molecule has 1 aliphatic rings. The zero-order valence-electron chi connectivity index (χ0n) is 12.4. The molecule has 4 nitrogen and oxygen atoms in total. The third kappa shape index (κ3) is 4.83. The molecular formula is C15H20ClF3N2O2. The van der Waals surface area contributed by atoms with Crippen molar-refractivity contribution in [1.29, 1.82) is 0 Å². The summed E-state index contributed by atoms with van der Waals surface area (Å²) in [6, 6.07) is 6.77. The fourth-order valence-corrected chi connectivity index (χ4v) is 2.53. The van der Waals surface area contributed by atoms with E-state index in [9.17, 15) is 23.1 Å². The minimum Gasteiger partial charge on any atom is -0.375 e. The van der Waals surface area contributed by atoms with Gasteiger partial charge in [0.1, 0.15) is 0 Å². The number of hydrogen-bond acceptors (Lipinski definition) is 3. The first kappa shape index (κ1) is 19.7. The van der Waals surface area contributed by atoms with E-state index in [0.29, 0.717) is 0 Å². The molecule has 1 heterocycles. The molecule has 8 heteroatoms. The standard InChI is InChI=1S/C15H19F3N2O2.ClH/c16-15(17,18)14(22,11-5-2-1-3-6-11)10-20-13(21)9-12-7-4-8-19-12;/h1-3,5-6,12,19,22H,4,7-10H2,(H,20,21);1H. The second-order valence-corrected chi connectivity index (χ2v) is 5.50. The van der Waals surface area contributed by atoms with E-state index in [-0.39, 0.29) is 30.4 Å². The van der Waals surface area contributed by atoms with Crippen molar-refractivity contribution >= 4 is 18.3 Å². The summed E-state index contributed by atoms with van der Waals surface area (Å²) in [5.41, 5.74) is -3.38. The van der Waals surface area contributed by atoms with Crippen LogP contribution in [0.5, 0.6) is 0 Å². The van der Waals surface area contributed by atoms with Crippen molar-refractivity contribution < 1.29 is 23.1 Å². The van der Waals surface area contributed by atoms with E-state index in [1.807, 2.05) is 0 Å². The minimum atomic E-state index is -4.88. The molecule has 1 saturated heterocycles. The number of halogens is 4. The molecule has 2 unspecified atom stereocenters. The molecule has 130 valence electrons. The predicted octanol–water partition coefficient (Wildman–Crippen LogP) is 2.12. The van der Waals surface area contributed by atoms with E-state index in [1.54, 1.807) is 6.07 Å². The van der Waals surface area contributed by atoms with Crippen LogP contribution in [-0.2, 0) is 10.4 Å². The summed E-state index contributed by atoms with van der Waals surface area (Å²) in [7, 11) is 0. The lowest BCUT2D eigenvalue weighted by Crippen LogP contribution is -2.51. The van der Waals surface area contributed by atoms with Gasteiger partial charge in [0, 0.05) is 12.5 Å². The van der Waals surface area contributed by atoms with Gasteiger partial charge >= 0.3 is 6.18 Å². The third-order valence-corrected chi connectivity index (χ3v) is 3.86. The topological polar surface area (TPSA) is 61.4 Å². The summed E-state index contributed by atoms with van der Waals surface area (Å²) in [6.07, 6.45) is -2.99. The van der Waals surface area contributed by atoms with Crippen LogP contribution in [0.4, 0.5) is 13.2 Å². The summed E-state index contributed by atoms with van der Waals surface area (Å²) in [6.45, 7) is -0.0828. The Morgan fingerprint density at radius 2 is 1.96 bits per heavy atom. The molecule has 2 atom stereocenters. The fourth-order valence-electron chi connectivity index (χ4n) is 2.53. The smallest absolute Gasteiger partial charge is 0.375 e. The Labute approximate surface area is 138 Å². The average molecular weight is 353 g/mol. The number of hydrogen-bond donors (Lipinski definition) is 3. The van der Waals surface area contributed by atoms with Gasteiger partial charge in [-0.3, -0.25) is 4.79 Å². The van der Waals surface area contributed by atoms with Crippen molar-refractivity contribution in [3.05, 3.63) is 35.9 Å². The van der Waals surface area contributed by atoms with Crippen molar-refractivity contribution in [2.45, 2.75) is 37.1 Å². The highest BCUT2D eigenvalue weighted by Crippen LogP contribution is 2.38. The lowest BCUT2D eigenvalue weighted by Gasteiger charge is -2.31. The Bertz CT molecular complexity index is 507. The fraction of sp³-hybridized carbons (Fsp3) is 0.533. The monoisotopic (exact) mass is 352 g/mol. The highest BCUT2D eigenvalue weighted by Gasteiger charge is 2.55. The molecule has 1 aliphatic heterocycles. The van der Waals surface area contributed by atoms with Crippen LogP contribution >= 0.6 is 12.4 Å². The zero-order valence-corrected chi connectivity index (χ0v) is 13.2. The van der Waals surface area contributed by atoms with Gasteiger partial charge in [0.25, 0.3) is 0 Å². The largest absolute Gasteiger partial charge is 0.423 e. The Hall–Kier alpha value is -1.31. The van der Waals surface area contributed by atoms with E-state index < -0.39 is 24.2 Å². The van der Waals surface area contributed by atoms with Gasteiger partial charge in [0.2, 0.25) is 11.5 Å². The van der Waals surface area contributed by atoms with E-state index in [0.717, 1.165) is 19.4 Å². The molecule has 1 amide bonds. The van der Waals surface area contributed by atoms with Gasteiger partial charge in [0.15, 0.2) is 0 Å². The van der Waals surface area contributed by atoms with E-state index in [1.165, 1.54) is 24.3 Å². The van der Waals surface area contributed by atoms with Crippen LogP contribution in [0.3, 0.4) is 0 Å². The van der Waals surface area contributed by atoms with Crippen molar-refractivity contribution in [2.75, 3.05) is 13.1 Å². The summed E-state index contributed by atoms with van der Waals surface area (Å²) in [5.74, 6) is -0.502. The Balaban J connectivity index is 0.00000264. The Morgan fingerprint density at radius 3 is 2.48 bits per heavy atom. The summed E-state index contributed by atoms with van der Waals surface area (Å²) in [5, 5.41) is 15.4. The highest BCUT2D eigenvalue weighted by molar-refractivity contribution is 5.85. The van der Waals surface area contributed by atoms with Crippen LogP contribution in [-0.4, -0.2) is 36.3 Å². The van der Waals surface area contributed by atoms with Crippen LogP contribution < -0.4 is 10.6 Å². The molecule has 1 aromatic carbocycles. The van der Waals surface area contributed by atoms with Gasteiger partial charge in [-0.1, -0.05) is 30.3 Å². The van der Waals surface area contributed by atoms with Gasteiger partial charge in [-0.15, -0.1) is 12.4 Å². The minimum absolute atomic E-state index is 0. The first-order valence-electron chi connectivity index (χ1n) is 7.17. The molecule has 1 aromatic rings. The molecule has 3 N–H and O–H groups in total. The van der Waals surface area contributed by atoms with Crippen LogP contribution in [0.2, 0.25) is 0 Å². The van der Waals surface area contributed by atoms with Crippen molar-refractivity contribution in [2.24, 2.45) is 0 Å². The Kier molecular flexibility index (Phi) is 6.85. The van der Waals surface area contributed by atoms with Crippen molar-refractivity contribution in [3.8, 4) is 0 Å². The summed E-state index contributed by atoms with van der Waals surface area (Å²) >= 11 is 0. The lowest BCUT2D eigenvalue weighted by molar-refractivity contribution is -0.264. The molecule has 2 rings (SSSR count). The molecule has 0 aromatic heterocycles. The number of carbonyl (C=O) groups is 1. The first-order chi connectivity index (χ1) is 10.3. The van der Waals surface area contributed by atoms with Crippen LogP contribution in [0.15, 0.2) is 30.3 Å². The molecule has 1 fully saturated rings. The number of rotatable bonds is 5. The molecule has 0 saturated carbocycles. The van der Waals surface area contributed by atoms with Gasteiger partial charge in [-0.25, -0.2) is 0 Å².